The molecule has 1 saturated heterocycles. The van der Waals surface area contributed by atoms with Gasteiger partial charge in [-0.2, -0.15) is 0 Å². The number of carbonyl (C=O) groups is 5. The molecule has 0 bridgehead atoms. The lowest BCUT2D eigenvalue weighted by atomic mass is 9.80. The number of nitrogens with zero attached hydrogens (tertiary/aromatic N) is 1. The minimum atomic E-state index is -1.07. The molecule has 10 nitrogen and oxygen atoms in total. The van der Waals surface area contributed by atoms with Crippen LogP contribution in [0.5, 0.6) is 0 Å². The monoisotopic (exact) mass is 518 g/mol. The van der Waals surface area contributed by atoms with Gasteiger partial charge >= 0.3 is 6.09 Å². The molecule has 206 valence electrons. The minimum absolute atomic E-state index is 0.0707. The zero-order chi connectivity index (χ0) is 27.5. The first-order valence-electron chi connectivity index (χ1n) is 13.5. The lowest BCUT2D eigenvalue weighted by molar-refractivity contribution is -0.144. The fourth-order valence-corrected chi connectivity index (χ4v) is 6.15. The molecule has 10 heteroatoms. The van der Waals surface area contributed by atoms with Gasteiger partial charge in [0, 0.05) is 6.54 Å². The van der Waals surface area contributed by atoms with Gasteiger partial charge < -0.3 is 26.0 Å². The van der Waals surface area contributed by atoms with Crippen LogP contribution in [0, 0.1) is 28.6 Å². The maximum atomic E-state index is 13.9. The van der Waals surface area contributed by atoms with Gasteiger partial charge in [0.1, 0.15) is 17.7 Å². The molecule has 0 radical (unpaired) electrons. The molecule has 3 saturated carbocycles. The molecule has 4 rings (SSSR count). The van der Waals surface area contributed by atoms with E-state index < -0.39 is 52.8 Å². The number of amides is 4. The number of carbonyl (C=O) groups excluding carboxylic acids is 5. The van der Waals surface area contributed by atoms with E-state index in [4.69, 9.17) is 10.5 Å². The smallest absolute Gasteiger partial charge is 0.408 e. The summed E-state index contributed by atoms with van der Waals surface area (Å²) in [5.74, 6) is -2.31. The molecule has 4 aliphatic rings. The van der Waals surface area contributed by atoms with E-state index >= 15 is 0 Å². The summed E-state index contributed by atoms with van der Waals surface area (Å²) >= 11 is 0. The number of nitrogens with two attached hydrogens (primary N) is 1. The van der Waals surface area contributed by atoms with Crippen LogP contribution < -0.4 is 16.4 Å². The summed E-state index contributed by atoms with van der Waals surface area (Å²) in [7, 11) is 0. The Kier molecular flexibility index (Phi) is 6.86. The van der Waals surface area contributed by atoms with Gasteiger partial charge in [0.2, 0.25) is 17.6 Å². The van der Waals surface area contributed by atoms with Crippen LogP contribution in [0.2, 0.25) is 0 Å². The molecule has 0 aromatic carbocycles. The largest absolute Gasteiger partial charge is 0.444 e. The zero-order valence-corrected chi connectivity index (χ0v) is 22.9. The van der Waals surface area contributed by atoms with Crippen LogP contribution >= 0.6 is 0 Å². The van der Waals surface area contributed by atoms with Crippen molar-refractivity contribution < 1.29 is 28.7 Å². The number of Topliss-reactive ketones (excluding diaryl/α,β-unsaturated/α-hetero) is 1. The van der Waals surface area contributed by atoms with E-state index in [0.29, 0.717) is 13.0 Å². The minimum Gasteiger partial charge on any atom is -0.444 e. The molecule has 1 aliphatic heterocycles. The maximum Gasteiger partial charge on any atom is 0.408 e. The molecule has 0 aromatic heterocycles. The van der Waals surface area contributed by atoms with Gasteiger partial charge in [0.25, 0.3) is 5.91 Å². The summed E-state index contributed by atoms with van der Waals surface area (Å²) in [6, 6.07) is -2.61. The Morgan fingerprint density at radius 3 is 2.16 bits per heavy atom. The van der Waals surface area contributed by atoms with Crippen molar-refractivity contribution in [1.82, 2.24) is 15.5 Å². The fraction of sp³-hybridized carbons (Fsp3) is 0.815. The SMILES string of the molecule is CC(C)(C)OC(=O)N[C@H](C(=O)N1C[C@H]2[C@@H]([C@H]1C(=O)NC(CC1CCC1)C(=O)C(N)=O)C2(C)C)C1(C)CC1. The number of primary amides is 1. The molecular formula is C27H42N4O6. The topological polar surface area (TPSA) is 148 Å². The van der Waals surface area contributed by atoms with Crippen LogP contribution in [-0.2, 0) is 23.9 Å². The van der Waals surface area contributed by atoms with Gasteiger partial charge in [0.05, 0.1) is 6.04 Å². The Morgan fingerprint density at radius 2 is 1.68 bits per heavy atom. The second-order valence-corrected chi connectivity index (χ2v) is 13.4. The normalized spacial score (nSPS) is 28.7. The number of fused-ring (bicyclic) bond motifs is 1. The molecular weight excluding hydrogens is 476 g/mol. The molecule has 0 spiro atoms. The summed E-state index contributed by atoms with van der Waals surface area (Å²) in [4.78, 5) is 66.0. The average molecular weight is 519 g/mol. The molecule has 4 fully saturated rings. The van der Waals surface area contributed by atoms with Crippen molar-refractivity contribution in [3.8, 4) is 0 Å². The Bertz CT molecular complexity index is 993. The molecule has 5 atom stereocenters. The maximum absolute atomic E-state index is 13.9. The van der Waals surface area contributed by atoms with Gasteiger partial charge in [-0.15, -0.1) is 0 Å². The van der Waals surface area contributed by atoms with E-state index in [-0.39, 0.29) is 29.1 Å². The van der Waals surface area contributed by atoms with Gasteiger partial charge in [-0.05, 0) is 68.6 Å². The highest BCUT2D eigenvalue weighted by atomic mass is 16.6. The van der Waals surface area contributed by atoms with Crippen LogP contribution in [-0.4, -0.2) is 64.8 Å². The van der Waals surface area contributed by atoms with Crippen LogP contribution in [0.25, 0.3) is 0 Å². The predicted octanol–water partition coefficient (Wildman–Crippen LogP) is 1.89. The second kappa shape index (κ2) is 9.27. The Balaban J connectivity index is 1.54. The molecule has 3 aliphatic carbocycles. The second-order valence-electron chi connectivity index (χ2n) is 13.4. The third kappa shape index (κ3) is 5.48. The summed E-state index contributed by atoms with van der Waals surface area (Å²) in [5, 5.41) is 5.57. The van der Waals surface area contributed by atoms with Gasteiger partial charge in [-0.25, -0.2) is 4.79 Å². The predicted molar refractivity (Wildman–Crippen MR) is 135 cm³/mol. The van der Waals surface area contributed by atoms with Crippen molar-refractivity contribution in [2.75, 3.05) is 6.54 Å². The van der Waals surface area contributed by atoms with Crippen LogP contribution in [0.1, 0.15) is 80.1 Å². The summed E-state index contributed by atoms with van der Waals surface area (Å²) < 4.78 is 5.41. The van der Waals surface area contributed by atoms with E-state index in [2.05, 4.69) is 24.5 Å². The van der Waals surface area contributed by atoms with Crippen LogP contribution in [0.4, 0.5) is 4.79 Å². The van der Waals surface area contributed by atoms with Crippen molar-refractivity contribution in [1.29, 1.82) is 0 Å². The third-order valence-electron chi connectivity index (χ3n) is 9.07. The highest BCUT2D eigenvalue weighted by Crippen LogP contribution is 2.65. The molecule has 37 heavy (non-hydrogen) atoms. The summed E-state index contributed by atoms with van der Waals surface area (Å²) in [6.07, 6.45) is 4.20. The Hall–Kier alpha value is -2.65. The van der Waals surface area contributed by atoms with Gasteiger partial charge in [-0.3, -0.25) is 19.2 Å². The van der Waals surface area contributed by atoms with Gasteiger partial charge in [-0.1, -0.05) is 40.0 Å². The number of piperidine rings is 1. The van der Waals surface area contributed by atoms with E-state index in [1.54, 1.807) is 25.7 Å². The van der Waals surface area contributed by atoms with Crippen molar-refractivity contribution in [3.63, 3.8) is 0 Å². The number of rotatable bonds is 9. The zero-order valence-electron chi connectivity index (χ0n) is 22.9. The lowest BCUT2D eigenvalue weighted by Gasteiger charge is -2.36. The van der Waals surface area contributed by atoms with Crippen molar-refractivity contribution in [2.45, 2.75) is 104 Å². The number of alkyl carbamates (subject to hydrolysis) is 1. The molecule has 4 amide bonds. The number of nitrogens with one attached hydrogen (secondary N) is 2. The summed E-state index contributed by atoms with van der Waals surface area (Å²) in [6.45, 7) is 11.8. The first kappa shape index (κ1) is 27.4. The van der Waals surface area contributed by atoms with E-state index in [1.165, 1.54) is 0 Å². The standard InChI is InChI=1S/C27H42N4O6/c1-25(2,3)37-24(36)30-20(27(6)10-11-27)23(35)31-13-15-17(26(15,4)5)18(31)22(34)29-16(19(32)21(28)33)12-14-8-7-9-14/h14-18,20H,7-13H2,1-6H3,(H2,28,33)(H,29,34)(H,30,36)/t15-,16?,17-,18-,20+/m0/s1. The van der Waals surface area contributed by atoms with Crippen molar-refractivity contribution in [3.05, 3.63) is 0 Å². The van der Waals surface area contributed by atoms with E-state index in [9.17, 15) is 24.0 Å². The average Bonchev–Trinajstić information content (AvgIpc) is 3.52. The number of hydrogen-bond donors (Lipinski definition) is 3. The van der Waals surface area contributed by atoms with E-state index in [1.807, 2.05) is 6.92 Å². The third-order valence-corrected chi connectivity index (χ3v) is 9.07. The molecule has 1 heterocycles. The number of ketones is 1. The number of ether oxygens (including phenoxy) is 1. The van der Waals surface area contributed by atoms with Gasteiger partial charge in [0.15, 0.2) is 0 Å². The Morgan fingerprint density at radius 1 is 1.05 bits per heavy atom. The van der Waals surface area contributed by atoms with E-state index in [0.717, 1.165) is 32.1 Å². The molecule has 1 unspecified atom stereocenters. The molecule has 4 N–H and O–H groups in total. The first-order chi connectivity index (χ1) is 17.0. The van der Waals surface area contributed by atoms with Crippen molar-refractivity contribution >= 4 is 29.6 Å². The lowest BCUT2D eigenvalue weighted by Crippen LogP contribution is -2.60. The quantitative estimate of drug-likeness (QED) is 0.397. The molecule has 0 aromatic rings. The first-order valence-corrected chi connectivity index (χ1v) is 13.5. The van der Waals surface area contributed by atoms with Crippen LogP contribution in [0.15, 0.2) is 0 Å². The number of likely N-dealkylation sites (tertiary alicyclic amines) is 1. The Labute approximate surface area is 218 Å². The fourth-order valence-electron chi connectivity index (χ4n) is 6.15. The van der Waals surface area contributed by atoms with Crippen LogP contribution in [0.3, 0.4) is 0 Å². The number of hydrogen-bond acceptors (Lipinski definition) is 6. The highest BCUT2D eigenvalue weighted by Gasteiger charge is 2.70. The van der Waals surface area contributed by atoms with Crippen molar-refractivity contribution in [2.24, 2.45) is 34.3 Å². The summed E-state index contributed by atoms with van der Waals surface area (Å²) in [5.41, 5.74) is 4.03. The highest BCUT2D eigenvalue weighted by molar-refractivity contribution is 6.37.